The number of carbonyl (C=O) groups excluding carboxylic acids is 1. The molecule has 3 aromatic rings. The minimum absolute atomic E-state index is 0.0102. The van der Waals surface area contributed by atoms with E-state index < -0.39 is 11.7 Å². The van der Waals surface area contributed by atoms with Crippen LogP contribution in [0.2, 0.25) is 5.02 Å². The van der Waals surface area contributed by atoms with E-state index in [2.05, 4.69) is 10.4 Å². The van der Waals surface area contributed by atoms with Crippen LogP contribution in [0.3, 0.4) is 0 Å². The van der Waals surface area contributed by atoms with Crippen molar-refractivity contribution in [3.63, 3.8) is 0 Å². The molecule has 8 heteroatoms. The smallest absolute Gasteiger partial charge is 0.348 e. The number of amides is 1. The van der Waals surface area contributed by atoms with Gasteiger partial charge in [-0.1, -0.05) is 35.9 Å². The summed E-state index contributed by atoms with van der Waals surface area (Å²) in [7, 11) is 0. The number of nitrogens with zero attached hydrogens (tertiary/aromatic N) is 2. The fourth-order valence-electron chi connectivity index (χ4n) is 2.52. The standard InChI is InChI=1S/C19H15ClF3N3O/c20-17-10-25-26(12-17)11-13-4-6-15(7-5-13)18(27)24-9-14-2-1-3-16(8-14)19(21,22)23/h1-8,10,12H,9,11H2,(H,24,27). The van der Waals surface area contributed by atoms with Gasteiger partial charge in [-0.25, -0.2) is 0 Å². The Kier molecular flexibility index (Phi) is 5.51. The molecule has 2 aromatic carbocycles. The average molecular weight is 394 g/mol. The second kappa shape index (κ2) is 7.84. The van der Waals surface area contributed by atoms with Crippen LogP contribution in [0.5, 0.6) is 0 Å². The van der Waals surface area contributed by atoms with Gasteiger partial charge in [-0.3, -0.25) is 9.48 Å². The van der Waals surface area contributed by atoms with Crippen LogP contribution in [-0.4, -0.2) is 15.7 Å². The molecular weight excluding hydrogens is 379 g/mol. The Morgan fingerprint density at radius 2 is 1.85 bits per heavy atom. The highest BCUT2D eigenvalue weighted by atomic mass is 35.5. The lowest BCUT2D eigenvalue weighted by molar-refractivity contribution is -0.137. The Hall–Kier alpha value is -2.80. The van der Waals surface area contributed by atoms with Crippen molar-refractivity contribution < 1.29 is 18.0 Å². The van der Waals surface area contributed by atoms with Crippen LogP contribution in [0.4, 0.5) is 13.2 Å². The molecule has 1 amide bonds. The van der Waals surface area contributed by atoms with Gasteiger partial charge in [0.2, 0.25) is 0 Å². The van der Waals surface area contributed by atoms with E-state index >= 15 is 0 Å². The first kappa shape index (κ1) is 19.0. The predicted octanol–water partition coefficient (Wildman–Crippen LogP) is 4.53. The maximum Gasteiger partial charge on any atom is 0.416 e. The Bertz CT molecular complexity index is 936. The van der Waals surface area contributed by atoms with Crippen molar-refractivity contribution in [2.75, 3.05) is 0 Å². The van der Waals surface area contributed by atoms with Gasteiger partial charge in [-0.2, -0.15) is 18.3 Å². The summed E-state index contributed by atoms with van der Waals surface area (Å²) >= 11 is 5.81. The van der Waals surface area contributed by atoms with E-state index in [-0.39, 0.29) is 12.5 Å². The lowest BCUT2D eigenvalue weighted by Gasteiger charge is -2.10. The van der Waals surface area contributed by atoms with Crippen LogP contribution in [0, 0.1) is 0 Å². The SMILES string of the molecule is O=C(NCc1cccc(C(F)(F)F)c1)c1ccc(Cn2cc(Cl)cn2)cc1. The molecule has 0 unspecified atom stereocenters. The molecular formula is C19H15ClF3N3O. The van der Waals surface area contributed by atoms with Crippen molar-refractivity contribution in [1.82, 2.24) is 15.1 Å². The molecule has 3 rings (SSSR count). The highest BCUT2D eigenvalue weighted by Crippen LogP contribution is 2.29. The molecule has 27 heavy (non-hydrogen) atoms. The van der Waals surface area contributed by atoms with Gasteiger partial charge < -0.3 is 5.32 Å². The van der Waals surface area contributed by atoms with Crippen molar-refractivity contribution in [1.29, 1.82) is 0 Å². The van der Waals surface area contributed by atoms with Gasteiger partial charge in [0.15, 0.2) is 0 Å². The summed E-state index contributed by atoms with van der Waals surface area (Å²) in [5, 5.41) is 7.25. The zero-order chi connectivity index (χ0) is 19.4. The van der Waals surface area contributed by atoms with Gasteiger partial charge >= 0.3 is 6.18 Å². The van der Waals surface area contributed by atoms with Crippen LogP contribution in [0.25, 0.3) is 0 Å². The van der Waals surface area contributed by atoms with Crippen LogP contribution in [0.1, 0.15) is 27.0 Å². The summed E-state index contributed by atoms with van der Waals surface area (Å²) in [6.45, 7) is 0.523. The second-order valence-corrected chi connectivity index (χ2v) is 6.37. The van der Waals surface area contributed by atoms with Crippen molar-refractivity contribution in [3.8, 4) is 0 Å². The molecule has 0 bridgehead atoms. The van der Waals surface area contributed by atoms with Crippen LogP contribution in [-0.2, 0) is 19.3 Å². The summed E-state index contributed by atoms with van der Waals surface area (Å²) < 4.78 is 39.9. The predicted molar refractivity (Wildman–Crippen MR) is 95.4 cm³/mol. The number of halogens is 4. The van der Waals surface area contributed by atoms with Crippen LogP contribution in [0.15, 0.2) is 60.9 Å². The number of benzene rings is 2. The molecule has 0 fully saturated rings. The Balaban J connectivity index is 1.60. The van der Waals surface area contributed by atoms with Gasteiger partial charge in [0.05, 0.1) is 23.3 Å². The molecule has 0 saturated heterocycles. The highest BCUT2D eigenvalue weighted by molar-refractivity contribution is 6.30. The number of nitrogens with one attached hydrogen (secondary N) is 1. The van der Waals surface area contributed by atoms with Crippen LogP contribution >= 0.6 is 11.6 Å². The van der Waals surface area contributed by atoms with Gasteiger partial charge in [-0.05, 0) is 35.4 Å². The minimum Gasteiger partial charge on any atom is -0.348 e. The summed E-state index contributed by atoms with van der Waals surface area (Å²) in [4.78, 5) is 12.2. The second-order valence-electron chi connectivity index (χ2n) is 5.93. The van der Waals surface area contributed by atoms with E-state index in [0.717, 1.165) is 17.7 Å². The fraction of sp³-hybridized carbons (Fsp3) is 0.158. The highest BCUT2D eigenvalue weighted by Gasteiger charge is 2.30. The monoisotopic (exact) mass is 393 g/mol. The van der Waals surface area contributed by atoms with Crippen molar-refractivity contribution >= 4 is 17.5 Å². The summed E-state index contributed by atoms with van der Waals surface area (Å²) in [6, 6.07) is 11.8. The average Bonchev–Trinajstić information content (AvgIpc) is 3.04. The van der Waals surface area contributed by atoms with Gasteiger partial charge in [0.25, 0.3) is 5.91 Å². The molecule has 0 aliphatic carbocycles. The topological polar surface area (TPSA) is 46.9 Å². The Labute approximate surface area is 158 Å². The van der Waals surface area contributed by atoms with Crippen molar-refractivity contribution in [3.05, 3.63) is 88.2 Å². The molecule has 0 saturated carbocycles. The number of aromatic nitrogens is 2. The first-order valence-corrected chi connectivity index (χ1v) is 8.40. The van der Waals surface area contributed by atoms with Gasteiger partial charge in [-0.15, -0.1) is 0 Å². The first-order valence-electron chi connectivity index (χ1n) is 8.02. The van der Waals surface area contributed by atoms with Gasteiger partial charge in [0, 0.05) is 18.3 Å². The minimum atomic E-state index is -4.41. The molecule has 4 nitrogen and oxygen atoms in total. The quantitative estimate of drug-likeness (QED) is 0.692. The van der Waals surface area contributed by atoms with Gasteiger partial charge in [0.1, 0.15) is 0 Å². The molecule has 1 aromatic heterocycles. The molecule has 140 valence electrons. The maximum absolute atomic E-state index is 12.7. The molecule has 0 aliphatic heterocycles. The summed E-state index contributed by atoms with van der Waals surface area (Å²) in [5.41, 5.74) is 0.996. The zero-order valence-electron chi connectivity index (χ0n) is 14.0. The molecule has 0 radical (unpaired) electrons. The third-order valence-corrected chi connectivity index (χ3v) is 4.06. The number of rotatable bonds is 5. The molecule has 0 spiro atoms. The van der Waals surface area contributed by atoms with Crippen molar-refractivity contribution in [2.45, 2.75) is 19.3 Å². The fourth-order valence-corrected chi connectivity index (χ4v) is 2.67. The lowest BCUT2D eigenvalue weighted by atomic mass is 10.1. The molecule has 1 N–H and O–H groups in total. The number of hydrogen-bond donors (Lipinski definition) is 1. The third kappa shape index (κ3) is 5.10. The van der Waals surface area contributed by atoms with Crippen molar-refractivity contribution in [2.24, 2.45) is 0 Å². The molecule has 0 atom stereocenters. The number of hydrogen-bond acceptors (Lipinski definition) is 2. The Morgan fingerprint density at radius 1 is 1.11 bits per heavy atom. The van der Waals surface area contributed by atoms with E-state index in [0.29, 0.717) is 22.7 Å². The third-order valence-electron chi connectivity index (χ3n) is 3.87. The van der Waals surface area contributed by atoms with Crippen LogP contribution < -0.4 is 5.32 Å². The normalized spacial score (nSPS) is 11.4. The first-order chi connectivity index (χ1) is 12.8. The molecule has 1 heterocycles. The number of alkyl halides is 3. The van der Waals surface area contributed by atoms with E-state index in [9.17, 15) is 18.0 Å². The molecule has 0 aliphatic rings. The number of carbonyl (C=O) groups is 1. The maximum atomic E-state index is 12.7. The van der Waals surface area contributed by atoms with E-state index in [1.54, 1.807) is 35.1 Å². The summed E-state index contributed by atoms with van der Waals surface area (Å²) in [6.07, 6.45) is -1.18. The van der Waals surface area contributed by atoms with E-state index in [1.807, 2.05) is 0 Å². The lowest BCUT2D eigenvalue weighted by Crippen LogP contribution is -2.23. The largest absolute Gasteiger partial charge is 0.416 e. The summed E-state index contributed by atoms with van der Waals surface area (Å²) in [5.74, 6) is -0.360. The zero-order valence-corrected chi connectivity index (χ0v) is 14.8. The van der Waals surface area contributed by atoms with E-state index in [1.165, 1.54) is 18.3 Å². The Morgan fingerprint density at radius 3 is 2.48 bits per heavy atom. The van der Waals surface area contributed by atoms with E-state index in [4.69, 9.17) is 11.6 Å².